The Morgan fingerprint density at radius 1 is 1.13 bits per heavy atom. The molecule has 0 radical (unpaired) electrons. The Hall–Kier alpha value is -2.87. The smallest absolute Gasteiger partial charge is 0.292 e. The van der Waals surface area contributed by atoms with Crippen LogP contribution < -0.4 is 5.69 Å². The highest BCUT2D eigenvalue weighted by molar-refractivity contribution is 5.76. The van der Waals surface area contributed by atoms with Crippen LogP contribution in [0.25, 0.3) is 11.0 Å². The first-order valence-corrected chi connectivity index (χ1v) is 7.52. The molecule has 2 aromatic carbocycles. The summed E-state index contributed by atoms with van der Waals surface area (Å²) in [4.78, 5) is 12.7. The van der Waals surface area contributed by atoms with Gasteiger partial charge in [0.25, 0.3) is 0 Å². The van der Waals surface area contributed by atoms with Crippen molar-refractivity contribution in [2.75, 3.05) is 0 Å². The van der Waals surface area contributed by atoms with Gasteiger partial charge in [0.05, 0.1) is 29.2 Å². The molecule has 0 atom stereocenters. The number of nitriles is 1. The fraction of sp³-hybridized carbons (Fsp3) is 0.222. The average molecular weight is 309 g/mol. The molecule has 0 fully saturated rings. The third-order valence-corrected chi connectivity index (χ3v) is 3.88. The number of fused-ring (bicyclic) bond motifs is 1. The number of aromatic nitrogens is 2. The van der Waals surface area contributed by atoms with E-state index >= 15 is 0 Å². The maximum Gasteiger partial charge on any atom is 0.329 e. The molecule has 3 rings (SSSR count). The van der Waals surface area contributed by atoms with E-state index in [4.69, 9.17) is 5.26 Å². The van der Waals surface area contributed by atoms with Crippen LogP contribution in [0.2, 0.25) is 0 Å². The Morgan fingerprint density at radius 3 is 2.43 bits per heavy atom. The Morgan fingerprint density at radius 2 is 1.83 bits per heavy atom. The van der Waals surface area contributed by atoms with E-state index in [1.807, 2.05) is 37.3 Å². The van der Waals surface area contributed by atoms with Crippen molar-refractivity contribution in [3.8, 4) is 6.07 Å². The maximum absolute atomic E-state index is 14.1. The van der Waals surface area contributed by atoms with Crippen LogP contribution >= 0.6 is 0 Å². The van der Waals surface area contributed by atoms with Crippen molar-refractivity contribution in [1.29, 1.82) is 5.26 Å². The molecule has 4 nitrogen and oxygen atoms in total. The number of halogens is 1. The van der Waals surface area contributed by atoms with Crippen LogP contribution in [0.3, 0.4) is 0 Å². The van der Waals surface area contributed by atoms with Crippen molar-refractivity contribution in [3.05, 3.63) is 69.9 Å². The SMILES string of the molecule is CCCn1c(=O)n(Cc2ccc(C#N)cc2F)c2ccccc21. The third-order valence-electron chi connectivity index (χ3n) is 3.88. The highest BCUT2D eigenvalue weighted by Gasteiger charge is 2.14. The number of hydrogen-bond acceptors (Lipinski definition) is 2. The van der Waals surface area contributed by atoms with E-state index in [0.717, 1.165) is 17.5 Å². The van der Waals surface area contributed by atoms with Crippen LogP contribution in [0, 0.1) is 17.1 Å². The largest absolute Gasteiger partial charge is 0.329 e. The molecule has 0 spiro atoms. The molecule has 0 amide bonds. The second kappa shape index (κ2) is 6.09. The summed E-state index contributed by atoms with van der Waals surface area (Å²) in [6.45, 7) is 2.79. The van der Waals surface area contributed by atoms with E-state index < -0.39 is 5.82 Å². The zero-order valence-electron chi connectivity index (χ0n) is 12.8. The van der Waals surface area contributed by atoms with E-state index in [1.54, 1.807) is 21.3 Å². The van der Waals surface area contributed by atoms with E-state index in [1.165, 1.54) is 6.07 Å². The summed E-state index contributed by atoms with van der Waals surface area (Å²) in [6, 6.07) is 13.8. The van der Waals surface area contributed by atoms with Crippen LogP contribution in [-0.4, -0.2) is 9.13 Å². The molecule has 0 aliphatic rings. The van der Waals surface area contributed by atoms with Gasteiger partial charge in [0.2, 0.25) is 0 Å². The van der Waals surface area contributed by atoms with E-state index in [0.29, 0.717) is 12.1 Å². The zero-order chi connectivity index (χ0) is 16.4. The lowest BCUT2D eigenvalue weighted by Gasteiger charge is -2.05. The Labute approximate surface area is 133 Å². The first-order valence-electron chi connectivity index (χ1n) is 7.52. The number of benzene rings is 2. The molecule has 23 heavy (non-hydrogen) atoms. The first-order chi connectivity index (χ1) is 11.2. The quantitative estimate of drug-likeness (QED) is 0.742. The van der Waals surface area contributed by atoms with Gasteiger partial charge in [0, 0.05) is 12.1 Å². The van der Waals surface area contributed by atoms with Crippen LogP contribution in [0.1, 0.15) is 24.5 Å². The van der Waals surface area contributed by atoms with Gasteiger partial charge >= 0.3 is 5.69 Å². The second-order valence-electron chi connectivity index (χ2n) is 5.43. The minimum Gasteiger partial charge on any atom is -0.292 e. The molecule has 1 heterocycles. The van der Waals surface area contributed by atoms with E-state index in [2.05, 4.69) is 0 Å². The van der Waals surface area contributed by atoms with Gasteiger partial charge in [-0.1, -0.05) is 25.1 Å². The molecule has 0 saturated carbocycles. The number of rotatable bonds is 4. The minimum absolute atomic E-state index is 0.142. The predicted molar refractivity (Wildman–Crippen MR) is 86.7 cm³/mol. The van der Waals surface area contributed by atoms with Gasteiger partial charge in [-0.3, -0.25) is 9.13 Å². The Balaban J connectivity index is 2.12. The highest BCUT2D eigenvalue weighted by atomic mass is 19.1. The Bertz CT molecular complexity index is 963. The minimum atomic E-state index is -0.469. The van der Waals surface area contributed by atoms with Crippen LogP contribution in [0.15, 0.2) is 47.3 Å². The lowest BCUT2D eigenvalue weighted by atomic mass is 10.1. The predicted octanol–water partition coefficient (Wildman–Crippen LogP) is 3.27. The lowest BCUT2D eigenvalue weighted by molar-refractivity contribution is 0.589. The normalized spacial score (nSPS) is 10.8. The standard InChI is InChI=1S/C18H16FN3O/c1-2-9-21-16-5-3-4-6-17(16)22(18(21)23)12-14-8-7-13(11-20)10-15(14)19/h3-8,10H,2,9,12H2,1H3. The van der Waals surface area contributed by atoms with E-state index in [9.17, 15) is 9.18 Å². The summed E-state index contributed by atoms with van der Waals surface area (Å²) < 4.78 is 17.4. The molecule has 0 unspecified atom stereocenters. The monoisotopic (exact) mass is 309 g/mol. The number of imidazole rings is 1. The van der Waals surface area contributed by atoms with Crippen molar-refractivity contribution in [2.45, 2.75) is 26.4 Å². The highest BCUT2D eigenvalue weighted by Crippen LogP contribution is 2.17. The molecule has 116 valence electrons. The molecule has 0 aliphatic carbocycles. The number of nitrogens with zero attached hydrogens (tertiary/aromatic N) is 3. The number of aryl methyl sites for hydroxylation is 1. The summed E-state index contributed by atoms with van der Waals surface area (Å²) in [5, 5.41) is 8.82. The van der Waals surface area contributed by atoms with Crippen molar-refractivity contribution < 1.29 is 4.39 Å². The lowest BCUT2D eigenvalue weighted by Crippen LogP contribution is -2.25. The second-order valence-corrected chi connectivity index (χ2v) is 5.43. The van der Waals surface area contributed by atoms with Crippen molar-refractivity contribution in [2.24, 2.45) is 0 Å². The molecule has 0 aliphatic heterocycles. The van der Waals surface area contributed by atoms with Crippen LogP contribution in [-0.2, 0) is 13.1 Å². The average Bonchev–Trinajstić information content (AvgIpc) is 2.83. The van der Waals surface area contributed by atoms with Gasteiger partial charge in [-0.25, -0.2) is 9.18 Å². The molecule has 5 heteroatoms. The summed E-state index contributed by atoms with van der Waals surface area (Å²) in [5.74, 6) is -0.469. The summed E-state index contributed by atoms with van der Waals surface area (Å²) >= 11 is 0. The summed E-state index contributed by atoms with van der Waals surface area (Å²) in [7, 11) is 0. The summed E-state index contributed by atoms with van der Waals surface area (Å²) in [6.07, 6.45) is 0.846. The van der Waals surface area contributed by atoms with Crippen LogP contribution in [0.4, 0.5) is 4.39 Å². The first kappa shape index (κ1) is 15.0. The molecular weight excluding hydrogens is 293 g/mol. The van der Waals surface area contributed by atoms with Gasteiger partial charge in [-0.2, -0.15) is 5.26 Å². The molecule has 1 aromatic heterocycles. The Kier molecular flexibility index (Phi) is 3.98. The molecule has 0 saturated heterocycles. The van der Waals surface area contributed by atoms with Crippen LogP contribution in [0.5, 0.6) is 0 Å². The molecule has 3 aromatic rings. The van der Waals surface area contributed by atoms with Gasteiger partial charge in [0.15, 0.2) is 0 Å². The van der Waals surface area contributed by atoms with Crippen molar-refractivity contribution >= 4 is 11.0 Å². The topological polar surface area (TPSA) is 50.7 Å². The third kappa shape index (κ3) is 2.64. The van der Waals surface area contributed by atoms with Crippen molar-refractivity contribution in [1.82, 2.24) is 9.13 Å². The number of hydrogen-bond donors (Lipinski definition) is 0. The van der Waals surface area contributed by atoms with E-state index in [-0.39, 0.29) is 17.8 Å². The van der Waals surface area contributed by atoms with Gasteiger partial charge < -0.3 is 0 Å². The van der Waals surface area contributed by atoms with Gasteiger partial charge in [-0.15, -0.1) is 0 Å². The number of para-hydroxylation sites is 2. The molecule has 0 bridgehead atoms. The fourth-order valence-corrected chi connectivity index (χ4v) is 2.78. The fourth-order valence-electron chi connectivity index (χ4n) is 2.78. The molecular formula is C18H16FN3O. The summed E-state index contributed by atoms with van der Waals surface area (Å²) in [5.41, 5.74) is 2.16. The van der Waals surface area contributed by atoms with Gasteiger partial charge in [-0.05, 0) is 30.7 Å². The van der Waals surface area contributed by atoms with Gasteiger partial charge in [0.1, 0.15) is 5.82 Å². The maximum atomic E-state index is 14.1. The zero-order valence-corrected chi connectivity index (χ0v) is 12.8. The van der Waals surface area contributed by atoms with Crippen molar-refractivity contribution in [3.63, 3.8) is 0 Å². The molecule has 0 N–H and O–H groups in total.